The molecule has 0 radical (unpaired) electrons. The van der Waals surface area contributed by atoms with Crippen LogP contribution in [0.15, 0.2) is 91.0 Å². The maximum Gasteiger partial charge on any atom is 0.338 e. The van der Waals surface area contributed by atoms with Crippen LogP contribution in [0, 0.1) is 0 Å². The van der Waals surface area contributed by atoms with Gasteiger partial charge in [0, 0.05) is 6.42 Å². The van der Waals surface area contributed by atoms with Crippen molar-refractivity contribution in [2.24, 2.45) is 0 Å². The number of hydrogen-bond donors (Lipinski definition) is 2. The number of carbonyl (C=O) groups excluding carboxylic acids is 2. The topological polar surface area (TPSA) is 102 Å². The molecule has 1 aliphatic carbocycles. The molecule has 4 rings (SSSR count). The molecular formula is C27H26O7. The molecule has 0 aromatic heterocycles. The van der Waals surface area contributed by atoms with Gasteiger partial charge in [-0.15, -0.1) is 0 Å². The zero-order chi connectivity index (χ0) is 23.9. The molecule has 2 N–H and O–H groups in total. The van der Waals surface area contributed by atoms with Gasteiger partial charge in [0.25, 0.3) is 0 Å². The summed E-state index contributed by atoms with van der Waals surface area (Å²) in [6, 6.07) is 26.1. The number of aliphatic hydroxyl groups excluding tert-OH is 2. The molecule has 0 unspecified atom stereocenters. The molecule has 0 aliphatic heterocycles. The van der Waals surface area contributed by atoms with Gasteiger partial charge in [0.2, 0.25) is 0 Å². The van der Waals surface area contributed by atoms with Gasteiger partial charge in [-0.2, -0.15) is 0 Å². The number of carbonyl (C=O) groups is 2. The normalized spacial score (nSPS) is 24.2. The van der Waals surface area contributed by atoms with Gasteiger partial charge in [0.1, 0.15) is 30.5 Å². The SMILES string of the molecule is O=C(O[C@H]1C[C@@H](OC(=O)c2ccccc2)[C@H](O)[C@H](O)[C@H]1OCc1ccccc1)c1ccccc1. The van der Waals surface area contributed by atoms with Crippen molar-refractivity contribution in [1.82, 2.24) is 0 Å². The number of esters is 2. The second kappa shape index (κ2) is 11.1. The molecule has 1 aliphatic rings. The molecule has 7 heteroatoms. The lowest BCUT2D eigenvalue weighted by Gasteiger charge is -2.41. The molecule has 0 bridgehead atoms. The third kappa shape index (κ3) is 5.69. The van der Waals surface area contributed by atoms with Gasteiger partial charge in [-0.3, -0.25) is 0 Å². The Morgan fingerprint density at radius 3 is 1.68 bits per heavy atom. The van der Waals surface area contributed by atoms with E-state index in [0.717, 1.165) is 5.56 Å². The van der Waals surface area contributed by atoms with Crippen molar-refractivity contribution in [3.63, 3.8) is 0 Å². The number of rotatable bonds is 7. The molecule has 5 atom stereocenters. The van der Waals surface area contributed by atoms with Crippen molar-refractivity contribution in [1.29, 1.82) is 0 Å². The second-order valence-corrected chi connectivity index (χ2v) is 8.10. The average molecular weight is 462 g/mol. The average Bonchev–Trinajstić information content (AvgIpc) is 2.88. The monoisotopic (exact) mass is 462 g/mol. The minimum Gasteiger partial charge on any atom is -0.456 e. The summed E-state index contributed by atoms with van der Waals surface area (Å²) < 4.78 is 17.1. The lowest BCUT2D eigenvalue weighted by atomic mass is 9.86. The highest BCUT2D eigenvalue weighted by atomic mass is 16.6. The predicted octanol–water partition coefficient (Wildman–Crippen LogP) is 3.15. The summed E-state index contributed by atoms with van der Waals surface area (Å²) >= 11 is 0. The summed E-state index contributed by atoms with van der Waals surface area (Å²) in [6.45, 7) is 0.142. The predicted molar refractivity (Wildman–Crippen MR) is 123 cm³/mol. The maximum absolute atomic E-state index is 12.7. The molecule has 0 saturated heterocycles. The van der Waals surface area contributed by atoms with E-state index in [9.17, 15) is 19.8 Å². The van der Waals surface area contributed by atoms with E-state index in [1.165, 1.54) is 0 Å². The molecule has 7 nitrogen and oxygen atoms in total. The number of ether oxygens (including phenoxy) is 3. The van der Waals surface area contributed by atoms with Crippen LogP contribution in [0.4, 0.5) is 0 Å². The Bertz CT molecular complexity index is 1070. The van der Waals surface area contributed by atoms with Crippen LogP contribution in [0.25, 0.3) is 0 Å². The van der Waals surface area contributed by atoms with Gasteiger partial charge in [-0.05, 0) is 29.8 Å². The molecule has 34 heavy (non-hydrogen) atoms. The van der Waals surface area contributed by atoms with Crippen molar-refractivity contribution >= 4 is 11.9 Å². The van der Waals surface area contributed by atoms with Gasteiger partial charge in [0.05, 0.1) is 17.7 Å². The lowest BCUT2D eigenvalue weighted by molar-refractivity contribution is -0.197. The van der Waals surface area contributed by atoms with Crippen LogP contribution < -0.4 is 0 Å². The van der Waals surface area contributed by atoms with Gasteiger partial charge < -0.3 is 24.4 Å². The summed E-state index contributed by atoms with van der Waals surface area (Å²) in [5.41, 5.74) is 1.50. The van der Waals surface area contributed by atoms with Crippen LogP contribution in [0.1, 0.15) is 32.7 Å². The van der Waals surface area contributed by atoms with Crippen molar-refractivity contribution in [2.75, 3.05) is 0 Å². The smallest absolute Gasteiger partial charge is 0.338 e. The number of aliphatic hydroxyl groups is 2. The fourth-order valence-electron chi connectivity index (χ4n) is 3.90. The minimum absolute atomic E-state index is 0.0329. The van der Waals surface area contributed by atoms with Crippen LogP contribution in [0.2, 0.25) is 0 Å². The maximum atomic E-state index is 12.7. The van der Waals surface area contributed by atoms with Gasteiger partial charge in [-0.25, -0.2) is 9.59 Å². The highest BCUT2D eigenvalue weighted by Crippen LogP contribution is 2.29. The van der Waals surface area contributed by atoms with Gasteiger partial charge in [-0.1, -0.05) is 66.7 Å². The van der Waals surface area contributed by atoms with E-state index in [0.29, 0.717) is 11.1 Å². The molecule has 0 heterocycles. The molecule has 3 aromatic carbocycles. The van der Waals surface area contributed by atoms with Crippen LogP contribution in [0.3, 0.4) is 0 Å². The highest BCUT2D eigenvalue weighted by Gasteiger charge is 2.48. The van der Waals surface area contributed by atoms with E-state index in [2.05, 4.69) is 0 Å². The Hall–Kier alpha value is -3.52. The zero-order valence-corrected chi connectivity index (χ0v) is 18.4. The molecule has 3 aromatic rings. The van der Waals surface area contributed by atoms with E-state index in [-0.39, 0.29) is 13.0 Å². The van der Waals surface area contributed by atoms with Gasteiger partial charge in [0.15, 0.2) is 0 Å². The quantitative estimate of drug-likeness (QED) is 0.520. The van der Waals surface area contributed by atoms with Crippen molar-refractivity contribution in [3.05, 3.63) is 108 Å². The third-order valence-corrected chi connectivity index (χ3v) is 5.72. The van der Waals surface area contributed by atoms with E-state index in [1.807, 2.05) is 30.3 Å². The van der Waals surface area contributed by atoms with E-state index in [4.69, 9.17) is 14.2 Å². The van der Waals surface area contributed by atoms with Crippen LogP contribution in [-0.2, 0) is 20.8 Å². The first-order valence-electron chi connectivity index (χ1n) is 11.1. The Morgan fingerprint density at radius 2 is 1.15 bits per heavy atom. The Labute approximate surface area is 197 Å². The van der Waals surface area contributed by atoms with E-state index in [1.54, 1.807) is 60.7 Å². The third-order valence-electron chi connectivity index (χ3n) is 5.72. The van der Waals surface area contributed by atoms with Crippen LogP contribution >= 0.6 is 0 Å². The van der Waals surface area contributed by atoms with Crippen LogP contribution in [-0.4, -0.2) is 52.7 Å². The van der Waals surface area contributed by atoms with Crippen molar-refractivity contribution in [3.8, 4) is 0 Å². The first kappa shape index (κ1) is 23.6. The van der Waals surface area contributed by atoms with Crippen molar-refractivity contribution < 1.29 is 34.0 Å². The molecule has 0 spiro atoms. The first-order chi connectivity index (χ1) is 16.5. The zero-order valence-electron chi connectivity index (χ0n) is 18.4. The standard InChI is InChI=1S/C27H26O7/c28-23-21(33-26(30)19-12-6-2-7-13-19)16-22(34-27(31)20-14-8-3-9-15-20)25(24(23)29)32-17-18-10-4-1-5-11-18/h1-15,21-25,28-29H,16-17H2/t21-,22+,23+,24+,25+/m1/s1. The Morgan fingerprint density at radius 1 is 0.676 bits per heavy atom. The van der Waals surface area contributed by atoms with E-state index < -0.39 is 42.5 Å². The number of hydrogen-bond acceptors (Lipinski definition) is 7. The summed E-state index contributed by atoms with van der Waals surface area (Å²) in [5.74, 6) is -1.25. The molecule has 1 fully saturated rings. The summed E-state index contributed by atoms with van der Waals surface area (Å²) in [7, 11) is 0. The summed E-state index contributed by atoms with van der Waals surface area (Å²) in [4.78, 5) is 25.3. The fraction of sp³-hybridized carbons (Fsp3) is 0.259. The molecule has 1 saturated carbocycles. The Balaban J connectivity index is 1.52. The molecular weight excluding hydrogens is 436 g/mol. The fourth-order valence-corrected chi connectivity index (χ4v) is 3.90. The van der Waals surface area contributed by atoms with Crippen molar-refractivity contribution in [2.45, 2.75) is 43.5 Å². The molecule has 176 valence electrons. The van der Waals surface area contributed by atoms with E-state index >= 15 is 0 Å². The van der Waals surface area contributed by atoms with Gasteiger partial charge >= 0.3 is 11.9 Å². The summed E-state index contributed by atoms with van der Waals surface area (Å²) in [5, 5.41) is 21.6. The van der Waals surface area contributed by atoms with Crippen LogP contribution in [0.5, 0.6) is 0 Å². The minimum atomic E-state index is -1.44. The number of benzene rings is 3. The highest BCUT2D eigenvalue weighted by molar-refractivity contribution is 5.90. The molecule has 0 amide bonds. The second-order valence-electron chi connectivity index (χ2n) is 8.10. The largest absolute Gasteiger partial charge is 0.456 e. The lowest BCUT2D eigenvalue weighted by Crippen LogP contribution is -2.58. The Kier molecular flexibility index (Phi) is 7.69. The first-order valence-corrected chi connectivity index (χ1v) is 11.1. The summed E-state index contributed by atoms with van der Waals surface area (Å²) in [6.07, 6.45) is -5.96.